The maximum Gasteiger partial charge on any atom is 0.269 e. The molecule has 1 fully saturated rings. The number of anilines is 1. The van der Waals surface area contributed by atoms with Gasteiger partial charge in [-0.05, 0) is 60.2 Å². The van der Waals surface area contributed by atoms with Crippen LogP contribution in [0, 0.1) is 10.1 Å². The normalized spacial score (nSPS) is 15.2. The predicted octanol–water partition coefficient (Wildman–Crippen LogP) is 3.89. The van der Waals surface area contributed by atoms with Crippen LogP contribution < -0.4 is 15.0 Å². The smallest absolute Gasteiger partial charge is 0.269 e. The SMILES string of the molecule is COc1ccc(N2CCN(C(CNC(=O)/C=C/c3ccc([N+](=O)[O-])cc3)c3ccco3)CC2)cc1. The van der Waals surface area contributed by atoms with Crippen molar-refractivity contribution in [3.63, 3.8) is 0 Å². The number of rotatable bonds is 9. The largest absolute Gasteiger partial charge is 0.497 e. The van der Waals surface area contributed by atoms with E-state index in [0.29, 0.717) is 12.1 Å². The van der Waals surface area contributed by atoms with E-state index < -0.39 is 4.92 Å². The number of piperazine rings is 1. The number of furan rings is 1. The topological polar surface area (TPSA) is 101 Å². The molecule has 1 N–H and O–H groups in total. The van der Waals surface area contributed by atoms with E-state index in [9.17, 15) is 14.9 Å². The highest BCUT2D eigenvalue weighted by Crippen LogP contribution is 2.25. The minimum atomic E-state index is -0.453. The number of non-ortho nitro benzene ring substituents is 1. The molecule has 35 heavy (non-hydrogen) atoms. The van der Waals surface area contributed by atoms with E-state index in [1.807, 2.05) is 24.3 Å². The van der Waals surface area contributed by atoms with E-state index in [-0.39, 0.29) is 17.6 Å². The van der Waals surface area contributed by atoms with Crippen molar-refractivity contribution in [1.82, 2.24) is 10.2 Å². The van der Waals surface area contributed by atoms with Gasteiger partial charge in [0.25, 0.3) is 5.69 Å². The molecule has 1 unspecified atom stereocenters. The van der Waals surface area contributed by atoms with Crippen LogP contribution in [0.3, 0.4) is 0 Å². The molecule has 2 heterocycles. The van der Waals surface area contributed by atoms with Gasteiger partial charge in [0.2, 0.25) is 5.91 Å². The molecule has 3 aromatic rings. The Hall–Kier alpha value is -4.11. The molecule has 0 aliphatic carbocycles. The van der Waals surface area contributed by atoms with E-state index in [1.54, 1.807) is 31.6 Å². The van der Waals surface area contributed by atoms with Crippen molar-refractivity contribution in [2.24, 2.45) is 0 Å². The summed E-state index contributed by atoms with van der Waals surface area (Å²) < 4.78 is 10.9. The molecule has 4 rings (SSSR count). The molecule has 0 saturated carbocycles. The number of methoxy groups -OCH3 is 1. The van der Waals surface area contributed by atoms with Crippen molar-refractivity contribution in [2.45, 2.75) is 6.04 Å². The number of nitrogens with zero attached hydrogens (tertiary/aromatic N) is 3. The molecule has 2 aromatic carbocycles. The van der Waals surface area contributed by atoms with Crippen molar-refractivity contribution < 1.29 is 18.9 Å². The summed E-state index contributed by atoms with van der Waals surface area (Å²) in [6.07, 6.45) is 4.71. The molecule has 1 aromatic heterocycles. The molecule has 1 amide bonds. The Kier molecular flexibility index (Phi) is 7.79. The van der Waals surface area contributed by atoms with Gasteiger partial charge in [0.15, 0.2) is 0 Å². The monoisotopic (exact) mass is 476 g/mol. The van der Waals surface area contributed by atoms with Gasteiger partial charge in [0.05, 0.1) is 24.3 Å². The zero-order valence-electron chi connectivity index (χ0n) is 19.5. The van der Waals surface area contributed by atoms with Crippen molar-refractivity contribution in [3.8, 4) is 5.75 Å². The summed E-state index contributed by atoms with van der Waals surface area (Å²) in [5.41, 5.74) is 1.88. The van der Waals surface area contributed by atoms with Crippen LogP contribution in [0.15, 0.2) is 77.4 Å². The van der Waals surface area contributed by atoms with Crippen LogP contribution in [0.1, 0.15) is 17.4 Å². The van der Waals surface area contributed by atoms with Crippen molar-refractivity contribution in [3.05, 3.63) is 94.4 Å². The molecule has 1 aliphatic heterocycles. The average Bonchev–Trinajstić information content (AvgIpc) is 3.43. The molecular formula is C26H28N4O5. The first-order valence-corrected chi connectivity index (χ1v) is 11.4. The number of nitrogens with one attached hydrogen (secondary N) is 1. The Balaban J connectivity index is 1.34. The molecule has 182 valence electrons. The Morgan fingerprint density at radius 1 is 1.11 bits per heavy atom. The summed E-state index contributed by atoms with van der Waals surface area (Å²) in [6.45, 7) is 3.77. The zero-order valence-corrected chi connectivity index (χ0v) is 19.5. The number of hydrogen-bond acceptors (Lipinski definition) is 7. The summed E-state index contributed by atoms with van der Waals surface area (Å²) in [6, 6.07) is 17.8. The molecule has 9 heteroatoms. The second kappa shape index (κ2) is 11.3. The molecule has 0 spiro atoms. The number of benzene rings is 2. The van der Waals surface area contributed by atoms with E-state index in [4.69, 9.17) is 9.15 Å². The van der Waals surface area contributed by atoms with Crippen molar-refractivity contribution in [1.29, 1.82) is 0 Å². The number of carbonyl (C=O) groups excluding carboxylic acids is 1. The summed E-state index contributed by atoms with van der Waals surface area (Å²) in [4.78, 5) is 27.4. The third kappa shape index (κ3) is 6.27. The van der Waals surface area contributed by atoms with Crippen molar-refractivity contribution in [2.75, 3.05) is 44.7 Å². The van der Waals surface area contributed by atoms with Crippen LogP contribution in [0.2, 0.25) is 0 Å². The molecule has 0 bridgehead atoms. The fourth-order valence-corrected chi connectivity index (χ4v) is 4.11. The number of ether oxygens (including phenoxy) is 1. The van der Waals surface area contributed by atoms with Gasteiger partial charge in [-0.2, -0.15) is 0 Å². The highest BCUT2D eigenvalue weighted by atomic mass is 16.6. The Labute approximate surface area is 203 Å². The van der Waals surface area contributed by atoms with Gasteiger partial charge in [0, 0.05) is 56.6 Å². The highest BCUT2D eigenvalue weighted by molar-refractivity contribution is 5.91. The lowest BCUT2D eigenvalue weighted by molar-refractivity contribution is -0.384. The lowest BCUT2D eigenvalue weighted by Gasteiger charge is -2.39. The number of nitro benzene ring substituents is 1. The average molecular weight is 477 g/mol. The van der Waals surface area contributed by atoms with Gasteiger partial charge in [-0.1, -0.05) is 0 Å². The summed E-state index contributed by atoms with van der Waals surface area (Å²) in [7, 11) is 1.66. The van der Waals surface area contributed by atoms with Gasteiger partial charge >= 0.3 is 0 Å². The van der Waals surface area contributed by atoms with Crippen LogP contribution in [0.4, 0.5) is 11.4 Å². The van der Waals surface area contributed by atoms with Crippen LogP contribution in [0.25, 0.3) is 6.08 Å². The number of amides is 1. The molecule has 0 radical (unpaired) electrons. The van der Waals surface area contributed by atoms with E-state index in [0.717, 1.165) is 43.4 Å². The molecule has 1 saturated heterocycles. The van der Waals surface area contributed by atoms with Gasteiger partial charge in [-0.3, -0.25) is 19.8 Å². The number of hydrogen-bond donors (Lipinski definition) is 1. The fourth-order valence-electron chi connectivity index (χ4n) is 4.11. The quantitative estimate of drug-likeness (QED) is 0.284. The van der Waals surface area contributed by atoms with Gasteiger partial charge in [-0.25, -0.2) is 0 Å². The minimum absolute atomic E-state index is 0.0139. The number of carbonyl (C=O) groups is 1. The molecular weight excluding hydrogens is 448 g/mol. The maximum atomic E-state index is 12.5. The third-order valence-electron chi connectivity index (χ3n) is 6.06. The maximum absolute atomic E-state index is 12.5. The second-order valence-electron chi connectivity index (χ2n) is 8.18. The highest BCUT2D eigenvalue weighted by Gasteiger charge is 2.27. The van der Waals surface area contributed by atoms with Gasteiger partial charge < -0.3 is 19.4 Å². The van der Waals surface area contributed by atoms with Crippen molar-refractivity contribution >= 4 is 23.4 Å². The lowest BCUT2D eigenvalue weighted by atomic mass is 10.1. The zero-order chi connectivity index (χ0) is 24.6. The number of nitro groups is 1. The standard InChI is InChI=1S/C26H28N4O5/c1-34-23-11-9-21(10-12-23)28-14-16-29(17-15-28)24(25-3-2-18-35-25)19-27-26(31)13-6-20-4-7-22(8-5-20)30(32)33/h2-13,18,24H,14-17,19H2,1H3,(H,27,31)/b13-6+. The first kappa shape index (κ1) is 24.0. The lowest BCUT2D eigenvalue weighted by Crippen LogP contribution is -2.49. The van der Waals surface area contributed by atoms with Gasteiger partial charge in [-0.15, -0.1) is 0 Å². The van der Waals surface area contributed by atoms with Gasteiger partial charge in [0.1, 0.15) is 11.5 Å². The van der Waals surface area contributed by atoms with E-state index in [2.05, 4.69) is 27.2 Å². The molecule has 1 atom stereocenters. The minimum Gasteiger partial charge on any atom is -0.497 e. The Morgan fingerprint density at radius 2 is 1.83 bits per heavy atom. The van der Waals surface area contributed by atoms with Crippen LogP contribution >= 0.6 is 0 Å². The first-order chi connectivity index (χ1) is 17.0. The Bertz CT molecular complexity index is 1140. The fraction of sp³-hybridized carbons (Fsp3) is 0.269. The predicted molar refractivity (Wildman–Crippen MR) is 133 cm³/mol. The summed E-state index contributed by atoms with van der Waals surface area (Å²) in [5, 5.41) is 13.7. The Morgan fingerprint density at radius 3 is 2.43 bits per heavy atom. The first-order valence-electron chi connectivity index (χ1n) is 11.4. The van der Waals surface area contributed by atoms with Crippen LogP contribution in [-0.4, -0.2) is 55.6 Å². The second-order valence-corrected chi connectivity index (χ2v) is 8.18. The molecule has 9 nitrogen and oxygen atoms in total. The van der Waals surface area contributed by atoms with Crippen LogP contribution in [-0.2, 0) is 4.79 Å². The summed E-state index contributed by atoms with van der Waals surface area (Å²) in [5.74, 6) is 1.41. The third-order valence-corrected chi connectivity index (χ3v) is 6.06. The summed E-state index contributed by atoms with van der Waals surface area (Å²) >= 11 is 0. The van der Waals surface area contributed by atoms with E-state index >= 15 is 0 Å². The molecule has 1 aliphatic rings. The van der Waals surface area contributed by atoms with Crippen LogP contribution in [0.5, 0.6) is 5.75 Å². The van der Waals surface area contributed by atoms with E-state index in [1.165, 1.54) is 18.2 Å².